The van der Waals surface area contributed by atoms with Crippen LogP contribution in [0.3, 0.4) is 0 Å². The Kier molecular flexibility index (Phi) is 6.87. The number of ketones is 1. The number of hydrogen-bond donors (Lipinski definition) is 1. The lowest BCUT2D eigenvalue weighted by atomic mass is 9.93. The van der Waals surface area contributed by atoms with Crippen molar-refractivity contribution < 1.29 is 13.2 Å². The van der Waals surface area contributed by atoms with Crippen LogP contribution in [0.25, 0.3) is 21.9 Å². The van der Waals surface area contributed by atoms with Gasteiger partial charge in [-0.3, -0.25) is 14.2 Å². The number of halogens is 1. The van der Waals surface area contributed by atoms with Gasteiger partial charge in [0, 0.05) is 27.4 Å². The first kappa shape index (κ1) is 24.8. The molecule has 1 heterocycles. The number of fused-ring (bicyclic) bond motifs is 1. The smallest absolute Gasteiger partial charge is 0.259 e. The third-order valence-electron chi connectivity index (χ3n) is 5.68. The molecule has 0 aliphatic heterocycles. The summed E-state index contributed by atoms with van der Waals surface area (Å²) in [6.07, 6.45) is 1.02. The SMILES string of the molecule is CC(=N)CC(=O)c1c(-c2ccccc2)c2cc(Br)ccc2c(=O)n1Cc1ccc(S(C)(=O)=O)cc1. The summed E-state index contributed by atoms with van der Waals surface area (Å²) < 4.78 is 25.9. The summed E-state index contributed by atoms with van der Waals surface area (Å²) in [4.78, 5) is 27.4. The third kappa shape index (κ3) is 5.18. The second-order valence-electron chi connectivity index (χ2n) is 8.47. The van der Waals surface area contributed by atoms with Crippen molar-refractivity contribution in [3.63, 3.8) is 0 Å². The number of pyridine rings is 1. The van der Waals surface area contributed by atoms with Gasteiger partial charge in [-0.15, -0.1) is 0 Å². The van der Waals surface area contributed by atoms with Crippen molar-refractivity contribution in [2.75, 3.05) is 6.26 Å². The van der Waals surface area contributed by atoms with Crippen molar-refractivity contribution in [3.05, 3.63) is 98.9 Å². The highest BCUT2D eigenvalue weighted by Gasteiger charge is 2.24. The van der Waals surface area contributed by atoms with Crippen molar-refractivity contribution in [1.82, 2.24) is 4.57 Å². The van der Waals surface area contributed by atoms with E-state index in [2.05, 4.69) is 15.9 Å². The first-order valence-electron chi connectivity index (χ1n) is 10.8. The average molecular weight is 551 g/mol. The molecule has 6 nitrogen and oxygen atoms in total. The average Bonchev–Trinajstić information content (AvgIpc) is 2.80. The summed E-state index contributed by atoms with van der Waals surface area (Å²) in [7, 11) is -3.36. The standard InChI is InChI=1S/C27H23BrN2O4S/c1-17(29)14-24(31)26-25(19-6-4-3-5-7-19)23-15-20(28)10-13-22(23)27(32)30(26)16-18-8-11-21(12-9-18)35(2,33)34/h3-13,15,29H,14,16H2,1-2H3. The van der Waals surface area contributed by atoms with Crippen molar-refractivity contribution in [3.8, 4) is 11.1 Å². The fraction of sp³-hybridized carbons (Fsp3) is 0.148. The Morgan fingerprint density at radius 2 is 1.63 bits per heavy atom. The lowest BCUT2D eigenvalue weighted by Gasteiger charge is -2.20. The van der Waals surface area contributed by atoms with Crippen molar-refractivity contribution in [2.24, 2.45) is 0 Å². The molecule has 0 spiro atoms. The van der Waals surface area contributed by atoms with Gasteiger partial charge in [-0.1, -0.05) is 58.4 Å². The van der Waals surface area contributed by atoms with Crippen LogP contribution in [0.5, 0.6) is 0 Å². The fourth-order valence-electron chi connectivity index (χ4n) is 4.11. The predicted molar refractivity (Wildman–Crippen MR) is 142 cm³/mol. The van der Waals surface area contributed by atoms with Gasteiger partial charge < -0.3 is 5.41 Å². The van der Waals surface area contributed by atoms with E-state index in [1.165, 1.54) is 16.7 Å². The summed E-state index contributed by atoms with van der Waals surface area (Å²) in [6.45, 7) is 1.64. The molecule has 0 unspecified atom stereocenters. The first-order valence-corrected chi connectivity index (χ1v) is 13.5. The molecular weight excluding hydrogens is 528 g/mol. The molecule has 1 aromatic heterocycles. The van der Waals surface area contributed by atoms with Gasteiger partial charge in [0.2, 0.25) is 0 Å². The molecule has 4 aromatic rings. The molecular formula is C27H23BrN2O4S. The highest BCUT2D eigenvalue weighted by molar-refractivity contribution is 9.10. The largest absolute Gasteiger partial charge is 0.310 e. The number of nitrogens with zero attached hydrogens (tertiary/aromatic N) is 1. The number of Topliss-reactive ketones (excluding diaryl/α,β-unsaturated/α-hetero) is 1. The van der Waals surface area contributed by atoms with Crippen LogP contribution < -0.4 is 5.56 Å². The Labute approximate surface area is 211 Å². The van der Waals surface area contributed by atoms with Crippen molar-refractivity contribution in [1.29, 1.82) is 5.41 Å². The van der Waals surface area contributed by atoms with Crippen LogP contribution in [-0.4, -0.2) is 30.7 Å². The molecule has 0 fully saturated rings. The van der Waals surface area contributed by atoms with E-state index in [-0.39, 0.29) is 40.6 Å². The highest BCUT2D eigenvalue weighted by atomic mass is 79.9. The molecule has 0 atom stereocenters. The van der Waals surface area contributed by atoms with Crippen LogP contribution in [0.15, 0.2) is 87.0 Å². The summed E-state index contributed by atoms with van der Waals surface area (Å²) in [5.41, 5.74) is 2.18. The maximum Gasteiger partial charge on any atom is 0.259 e. The van der Waals surface area contributed by atoms with Gasteiger partial charge in [-0.2, -0.15) is 0 Å². The number of aromatic nitrogens is 1. The van der Waals surface area contributed by atoms with E-state index in [4.69, 9.17) is 5.41 Å². The minimum Gasteiger partial charge on any atom is -0.310 e. The zero-order valence-electron chi connectivity index (χ0n) is 19.2. The van der Waals surface area contributed by atoms with Gasteiger partial charge in [-0.25, -0.2) is 8.42 Å². The maximum atomic E-state index is 13.7. The number of nitrogens with one attached hydrogen (secondary N) is 1. The lowest BCUT2D eigenvalue weighted by molar-refractivity contribution is 0.0991. The Hall–Kier alpha value is -3.36. The second kappa shape index (κ2) is 9.71. The van der Waals surface area contributed by atoms with Gasteiger partial charge in [0.25, 0.3) is 5.56 Å². The van der Waals surface area contributed by atoms with Crippen LogP contribution in [0, 0.1) is 5.41 Å². The number of hydrogen-bond acceptors (Lipinski definition) is 5. The number of benzene rings is 3. The first-order chi connectivity index (χ1) is 16.6. The van der Waals surface area contributed by atoms with Gasteiger partial charge in [0.15, 0.2) is 15.6 Å². The van der Waals surface area contributed by atoms with Gasteiger partial charge >= 0.3 is 0 Å². The van der Waals surface area contributed by atoms with Crippen LogP contribution in [0.4, 0.5) is 0 Å². The molecule has 35 heavy (non-hydrogen) atoms. The molecule has 0 radical (unpaired) electrons. The van der Waals surface area contributed by atoms with E-state index >= 15 is 0 Å². The van der Waals surface area contributed by atoms with Gasteiger partial charge in [0.05, 0.1) is 23.6 Å². The molecule has 8 heteroatoms. The van der Waals surface area contributed by atoms with E-state index in [0.29, 0.717) is 21.9 Å². The van der Waals surface area contributed by atoms with Crippen LogP contribution in [0.2, 0.25) is 0 Å². The highest BCUT2D eigenvalue weighted by Crippen LogP contribution is 2.33. The predicted octanol–water partition coefficient (Wildman–Crippen LogP) is 5.50. The number of sulfone groups is 1. The molecule has 0 saturated carbocycles. The minimum absolute atomic E-state index is 0.0762. The van der Waals surface area contributed by atoms with E-state index in [1.807, 2.05) is 36.4 Å². The van der Waals surface area contributed by atoms with E-state index in [0.717, 1.165) is 16.3 Å². The van der Waals surface area contributed by atoms with E-state index in [9.17, 15) is 18.0 Å². The molecule has 4 rings (SSSR count). The topological polar surface area (TPSA) is 97.1 Å². The van der Waals surface area contributed by atoms with Gasteiger partial charge in [-0.05, 0) is 53.8 Å². The molecule has 1 N–H and O–H groups in total. The summed E-state index contributed by atoms with van der Waals surface area (Å²) in [6, 6.07) is 21.0. The Morgan fingerprint density at radius 3 is 2.23 bits per heavy atom. The second-order valence-corrected chi connectivity index (χ2v) is 11.4. The lowest BCUT2D eigenvalue weighted by Crippen LogP contribution is -2.28. The Bertz CT molecular complexity index is 1620. The van der Waals surface area contributed by atoms with Gasteiger partial charge in [0.1, 0.15) is 0 Å². The molecule has 0 aliphatic rings. The number of carbonyl (C=O) groups excluding carboxylic acids is 1. The number of carbonyl (C=O) groups is 1. The zero-order valence-corrected chi connectivity index (χ0v) is 21.6. The summed E-state index contributed by atoms with van der Waals surface area (Å²) in [5.74, 6) is -0.330. The quantitative estimate of drug-likeness (QED) is 0.243. The Morgan fingerprint density at radius 1 is 0.971 bits per heavy atom. The molecule has 0 amide bonds. The van der Waals surface area contributed by atoms with Crippen molar-refractivity contribution >= 4 is 48.0 Å². The van der Waals surface area contributed by atoms with E-state index < -0.39 is 9.84 Å². The van der Waals surface area contributed by atoms with Crippen LogP contribution in [0.1, 0.15) is 29.4 Å². The zero-order chi connectivity index (χ0) is 25.3. The molecule has 0 saturated heterocycles. The van der Waals surface area contributed by atoms with Crippen LogP contribution in [-0.2, 0) is 16.4 Å². The molecule has 0 aliphatic carbocycles. The monoisotopic (exact) mass is 550 g/mol. The molecule has 178 valence electrons. The normalized spacial score (nSPS) is 11.5. The third-order valence-corrected chi connectivity index (χ3v) is 7.30. The molecule has 3 aromatic carbocycles. The summed E-state index contributed by atoms with van der Waals surface area (Å²) >= 11 is 3.48. The minimum atomic E-state index is -3.36. The number of rotatable bonds is 7. The fourth-order valence-corrected chi connectivity index (χ4v) is 5.10. The Balaban J connectivity index is 2.05. The van der Waals surface area contributed by atoms with Crippen molar-refractivity contribution in [2.45, 2.75) is 24.8 Å². The van der Waals surface area contributed by atoms with E-state index in [1.54, 1.807) is 31.2 Å². The summed E-state index contributed by atoms with van der Waals surface area (Å²) in [5, 5.41) is 9.01. The maximum absolute atomic E-state index is 13.7. The van der Waals surface area contributed by atoms with Crippen LogP contribution >= 0.6 is 15.9 Å². The molecule has 0 bridgehead atoms.